The molecular formula is C18H32OSi. The van der Waals surface area contributed by atoms with Crippen LogP contribution in [0, 0.1) is 11.8 Å². The first-order valence-corrected chi connectivity index (χ1v) is 10.5. The molecule has 0 aromatic rings. The summed E-state index contributed by atoms with van der Waals surface area (Å²) in [5, 5.41) is 0. The van der Waals surface area contributed by atoms with Crippen LogP contribution in [0.1, 0.15) is 53.4 Å². The van der Waals surface area contributed by atoms with E-state index >= 15 is 0 Å². The predicted molar refractivity (Wildman–Crippen MR) is 93.3 cm³/mol. The third-order valence-corrected chi connectivity index (χ3v) is 8.89. The van der Waals surface area contributed by atoms with E-state index in [4.69, 9.17) is 4.43 Å². The summed E-state index contributed by atoms with van der Waals surface area (Å²) in [5.74, 6) is 6.49. The molecule has 0 radical (unpaired) electrons. The molecule has 20 heavy (non-hydrogen) atoms. The molecule has 0 aromatic heterocycles. The molecule has 0 amide bonds. The van der Waals surface area contributed by atoms with Crippen LogP contribution in [0.5, 0.6) is 0 Å². The summed E-state index contributed by atoms with van der Waals surface area (Å²) in [6.45, 7) is 16.4. The second kappa shape index (κ2) is 10.0. The van der Waals surface area contributed by atoms with Crippen molar-refractivity contribution in [3.8, 4) is 11.8 Å². The van der Waals surface area contributed by atoms with Crippen molar-refractivity contribution in [3.63, 3.8) is 0 Å². The van der Waals surface area contributed by atoms with E-state index in [2.05, 4.69) is 45.8 Å². The zero-order valence-corrected chi connectivity index (χ0v) is 14.9. The molecule has 0 rings (SSSR count). The molecule has 0 aromatic carbocycles. The lowest BCUT2D eigenvalue weighted by atomic mass is 9.93. The normalized spacial score (nSPS) is 11.6. The molecule has 0 heterocycles. The standard InChI is InChI=1S/C18H32OSi/c1-7-13-16-18(15-9-3,17-14-8-2)19-20(10-4,11-5)12-6/h7-8H,1-2,10-14,16-17H2,3-6H3. The zero-order chi connectivity index (χ0) is 15.5. The monoisotopic (exact) mass is 292 g/mol. The summed E-state index contributed by atoms with van der Waals surface area (Å²) in [4.78, 5) is 0. The van der Waals surface area contributed by atoms with E-state index in [-0.39, 0.29) is 5.60 Å². The van der Waals surface area contributed by atoms with Crippen LogP contribution in [0.25, 0.3) is 0 Å². The molecule has 0 unspecified atom stereocenters. The van der Waals surface area contributed by atoms with Crippen molar-refractivity contribution >= 4 is 8.32 Å². The summed E-state index contributed by atoms with van der Waals surface area (Å²) in [6.07, 6.45) is 7.73. The lowest BCUT2D eigenvalue weighted by Gasteiger charge is -2.39. The van der Waals surface area contributed by atoms with Crippen LogP contribution in [0.15, 0.2) is 25.3 Å². The summed E-state index contributed by atoms with van der Waals surface area (Å²) in [6, 6.07) is 3.49. The van der Waals surface area contributed by atoms with Crippen LogP contribution >= 0.6 is 0 Å². The number of hydrogen-bond donors (Lipinski definition) is 0. The fourth-order valence-electron chi connectivity index (χ4n) is 2.66. The molecule has 0 saturated heterocycles. The van der Waals surface area contributed by atoms with Gasteiger partial charge in [-0.05, 0) is 50.7 Å². The number of allylic oxidation sites excluding steroid dienone is 2. The predicted octanol–water partition coefficient (Wildman–Crippen LogP) is 5.70. The van der Waals surface area contributed by atoms with Gasteiger partial charge in [0.2, 0.25) is 0 Å². The van der Waals surface area contributed by atoms with Crippen LogP contribution in [-0.4, -0.2) is 13.9 Å². The van der Waals surface area contributed by atoms with Gasteiger partial charge in [-0.15, -0.1) is 19.1 Å². The molecule has 114 valence electrons. The lowest BCUT2D eigenvalue weighted by Crippen LogP contribution is -2.46. The van der Waals surface area contributed by atoms with Crippen molar-refractivity contribution in [1.82, 2.24) is 0 Å². The summed E-state index contributed by atoms with van der Waals surface area (Å²) >= 11 is 0. The highest BCUT2D eigenvalue weighted by Gasteiger charge is 2.39. The molecule has 0 fully saturated rings. The van der Waals surface area contributed by atoms with E-state index in [0.29, 0.717) is 0 Å². The molecule has 1 nitrogen and oxygen atoms in total. The Bertz CT molecular complexity index is 324. The summed E-state index contributed by atoms with van der Waals surface area (Å²) in [5.41, 5.74) is -0.300. The highest BCUT2D eigenvalue weighted by molar-refractivity contribution is 6.73. The van der Waals surface area contributed by atoms with E-state index < -0.39 is 8.32 Å². The second-order valence-corrected chi connectivity index (χ2v) is 10.1. The fraction of sp³-hybridized carbons (Fsp3) is 0.667. The van der Waals surface area contributed by atoms with Gasteiger partial charge in [0.25, 0.3) is 0 Å². The van der Waals surface area contributed by atoms with Gasteiger partial charge in [0.05, 0.1) is 0 Å². The molecule has 0 saturated carbocycles. The van der Waals surface area contributed by atoms with E-state index in [0.717, 1.165) is 43.8 Å². The molecule has 0 bridgehead atoms. The molecular weight excluding hydrogens is 260 g/mol. The van der Waals surface area contributed by atoms with Crippen molar-refractivity contribution in [2.24, 2.45) is 0 Å². The first kappa shape index (κ1) is 19.2. The Labute approximate surface area is 127 Å². The quantitative estimate of drug-likeness (QED) is 0.269. The van der Waals surface area contributed by atoms with Crippen molar-refractivity contribution in [2.45, 2.75) is 77.1 Å². The minimum atomic E-state index is -1.66. The molecule has 0 aliphatic rings. The Hall–Kier alpha value is -0.783. The SMILES string of the molecule is C=CCCC(C#CC)(CCC=C)O[Si](CC)(CC)CC. The molecule has 0 aliphatic carbocycles. The van der Waals surface area contributed by atoms with Crippen LogP contribution in [0.3, 0.4) is 0 Å². The van der Waals surface area contributed by atoms with Gasteiger partial charge >= 0.3 is 0 Å². The second-order valence-electron chi connectivity index (χ2n) is 5.37. The van der Waals surface area contributed by atoms with Crippen molar-refractivity contribution in [1.29, 1.82) is 0 Å². The van der Waals surface area contributed by atoms with Gasteiger partial charge in [0.15, 0.2) is 8.32 Å². The largest absolute Gasteiger partial charge is 0.401 e. The van der Waals surface area contributed by atoms with Gasteiger partial charge in [-0.25, -0.2) is 0 Å². The lowest BCUT2D eigenvalue weighted by molar-refractivity contribution is 0.0986. The minimum Gasteiger partial charge on any atom is -0.401 e. The Morgan fingerprint density at radius 3 is 1.75 bits per heavy atom. The molecule has 0 aliphatic heterocycles. The fourth-order valence-corrected chi connectivity index (χ4v) is 5.67. The van der Waals surface area contributed by atoms with Crippen LogP contribution < -0.4 is 0 Å². The van der Waals surface area contributed by atoms with Gasteiger partial charge in [0, 0.05) is 0 Å². The Morgan fingerprint density at radius 1 is 1.00 bits per heavy atom. The molecule has 0 atom stereocenters. The average Bonchev–Trinajstić information content (AvgIpc) is 2.49. The Kier molecular flexibility index (Phi) is 9.63. The van der Waals surface area contributed by atoms with Crippen molar-refractivity contribution < 1.29 is 4.43 Å². The Balaban J connectivity index is 5.35. The summed E-state index contributed by atoms with van der Waals surface area (Å²) < 4.78 is 6.79. The maximum atomic E-state index is 6.79. The van der Waals surface area contributed by atoms with Crippen LogP contribution in [-0.2, 0) is 4.43 Å². The smallest absolute Gasteiger partial charge is 0.194 e. The van der Waals surface area contributed by atoms with E-state index in [1.165, 1.54) is 0 Å². The van der Waals surface area contributed by atoms with Gasteiger partial charge < -0.3 is 4.43 Å². The third-order valence-electron chi connectivity index (χ3n) is 4.20. The molecule has 0 N–H and O–H groups in total. The minimum absolute atomic E-state index is 0.300. The molecule has 0 spiro atoms. The zero-order valence-electron chi connectivity index (χ0n) is 13.9. The highest BCUT2D eigenvalue weighted by atomic mass is 28.4. The maximum absolute atomic E-state index is 6.79. The van der Waals surface area contributed by atoms with E-state index in [1.807, 2.05) is 19.1 Å². The number of rotatable bonds is 11. The molecule has 2 heteroatoms. The first-order chi connectivity index (χ1) is 9.57. The van der Waals surface area contributed by atoms with E-state index in [9.17, 15) is 0 Å². The summed E-state index contributed by atoms with van der Waals surface area (Å²) in [7, 11) is -1.66. The van der Waals surface area contributed by atoms with Crippen LogP contribution in [0.2, 0.25) is 18.1 Å². The Morgan fingerprint density at radius 2 is 1.45 bits per heavy atom. The van der Waals surface area contributed by atoms with Gasteiger partial charge in [-0.3, -0.25) is 0 Å². The average molecular weight is 293 g/mol. The maximum Gasteiger partial charge on any atom is 0.194 e. The third kappa shape index (κ3) is 5.69. The van der Waals surface area contributed by atoms with Gasteiger partial charge in [-0.2, -0.15) is 0 Å². The van der Waals surface area contributed by atoms with Crippen molar-refractivity contribution in [2.75, 3.05) is 0 Å². The van der Waals surface area contributed by atoms with Gasteiger partial charge in [0.1, 0.15) is 5.60 Å². The number of hydrogen-bond acceptors (Lipinski definition) is 1. The van der Waals surface area contributed by atoms with E-state index in [1.54, 1.807) is 0 Å². The van der Waals surface area contributed by atoms with Crippen LogP contribution in [0.4, 0.5) is 0 Å². The van der Waals surface area contributed by atoms with Gasteiger partial charge in [-0.1, -0.05) is 38.8 Å². The highest BCUT2D eigenvalue weighted by Crippen LogP contribution is 2.33. The first-order valence-electron chi connectivity index (χ1n) is 7.93. The topological polar surface area (TPSA) is 9.23 Å². The van der Waals surface area contributed by atoms with Crippen molar-refractivity contribution in [3.05, 3.63) is 25.3 Å².